The Labute approximate surface area is 98.4 Å². The third-order valence-corrected chi connectivity index (χ3v) is 1.94. The standard InChI is InChI=1S/C11H5F5O2/c1-3-5(18-4(2)17)6-7(12)9(14)11(16)10(15)8(6)13/h1,5H,2H3. The molecule has 1 atom stereocenters. The highest BCUT2D eigenvalue weighted by atomic mass is 19.2. The van der Waals surface area contributed by atoms with Crippen molar-refractivity contribution in [3.05, 3.63) is 34.6 Å². The first-order valence-corrected chi connectivity index (χ1v) is 4.45. The van der Waals surface area contributed by atoms with Crippen LogP contribution in [0.3, 0.4) is 0 Å². The predicted molar refractivity (Wildman–Crippen MR) is 49.6 cm³/mol. The van der Waals surface area contributed by atoms with Crippen molar-refractivity contribution in [3.8, 4) is 12.3 Å². The second-order valence-electron chi connectivity index (χ2n) is 3.14. The Hall–Kier alpha value is -2.10. The fourth-order valence-electron chi connectivity index (χ4n) is 1.19. The van der Waals surface area contributed by atoms with Gasteiger partial charge in [0, 0.05) is 6.92 Å². The normalized spacial score (nSPS) is 11.8. The maximum absolute atomic E-state index is 13.3. The SMILES string of the molecule is C#CC(OC(C)=O)c1c(F)c(F)c(F)c(F)c1F. The molecule has 0 heterocycles. The van der Waals surface area contributed by atoms with Crippen molar-refractivity contribution in [3.63, 3.8) is 0 Å². The molecule has 0 saturated carbocycles. The van der Waals surface area contributed by atoms with Crippen LogP contribution >= 0.6 is 0 Å². The molecule has 1 rings (SSSR count). The van der Waals surface area contributed by atoms with E-state index < -0.39 is 46.7 Å². The van der Waals surface area contributed by atoms with E-state index in [2.05, 4.69) is 4.74 Å². The summed E-state index contributed by atoms with van der Waals surface area (Å²) in [7, 11) is 0. The Balaban J connectivity index is 3.50. The monoisotopic (exact) mass is 264 g/mol. The third kappa shape index (κ3) is 2.27. The highest BCUT2D eigenvalue weighted by Crippen LogP contribution is 2.29. The molecular weight excluding hydrogens is 259 g/mol. The molecule has 0 bridgehead atoms. The highest BCUT2D eigenvalue weighted by Gasteiger charge is 2.31. The van der Waals surface area contributed by atoms with E-state index in [1.807, 2.05) is 0 Å². The van der Waals surface area contributed by atoms with Crippen molar-refractivity contribution < 1.29 is 31.5 Å². The first-order valence-electron chi connectivity index (χ1n) is 4.45. The molecule has 2 nitrogen and oxygen atoms in total. The minimum atomic E-state index is -2.31. The number of halogens is 5. The second-order valence-corrected chi connectivity index (χ2v) is 3.14. The van der Waals surface area contributed by atoms with Crippen LogP contribution in [0.25, 0.3) is 0 Å². The number of rotatable bonds is 2. The fourth-order valence-corrected chi connectivity index (χ4v) is 1.19. The predicted octanol–water partition coefficient (Wildman–Crippen LogP) is 2.62. The molecule has 0 aliphatic rings. The maximum Gasteiger partial charge on any atom is 0.304 e. The first-order chi connectivity index (χ1) is 8.31. The van der Waals surface area contributed by atoms with Gasteiger partial charge in [-0.15, -0.1) is 6.42 Å². The quantitative estimate of drug-likeness (QED) is 0.270. The van der Waals surface area contributed by atoms with Gasteiger partial charge in [-0.2, -0.15) is 0 Å². The molecule has 0 saturated heterocycles. The maximum atomic E-state index is 13.3. The van der Waals surface area contributed by atoms with E-state index in [1.54, 1.807) is 5.92 Å². The van der Waals surface area contributed by atoms with E-state index in [0.717, 1.165) is 6.92 Å². The molecule has 0 aromatic heterocycles. The largest absolute Gasteiger partial charge is 0.444 e. The van der Waals surface area contributed by atoms with Crippen LogP contribution in [-0.4, -0.2) is 5.97 Å². The van der Waals surface area contributed by atoms with Gasteiger partial charge in [-0.1, -0.05) is 5.92 Å². The molecule has 1 aromatic carbocycles. The van der Waals surface area contributed by atoms with Gasteiger partial charge in [0.2, 0.25) is 5.82 Å². The second kappa shape index (κ2) is 5.04. The molecule has 0 spiro atoms. The number of terminal acetylenes is 1. The summed E-state index contributed by atoms with van der Waals surface area (Å²) in [5.74, 6) is -10.3. The molecule has 0 aliphatic carbocycles. The summed E-state index contributed by atoms with van der Waals surface area (Å²) in [5, 5.41) is 0. The van der Waals surface area contributed by atoms with Gasteiger partial charge in [0.1, 0.15) is 0 Å². The van der Waals surface area contributed by atoms with Gasteiger partial charge in [-0.05, 0) is 0 Å². The van der Waals surface area contributed by atoms with Crippen LogP contribution < -0.4 is 0 Å². The number of ether oxygens (including phenoxy) is 1. The Morgan fingerprint density at radius 3 is 1.78 bits per heavy atom. The van der Waals surface area contributed by atoms with Gasteiger partial charge in [0.25, 0.3) is 0 Å². The van der Waals surface area contributed by atoms with Gasteiger partial charge >= 0.3 is 5.97 Å². The summed E-state index contributed by atoms with van der Waals surface area (Å²) in [4.78, 5) is 10.6. The molecule has 0 fully saturated rings. The number of carbonyl (C=O) groups excluding carboxylic acids is 1. The molecule has 0 N–H and O–H groups in total. The Bertz CT molecular complexity index is 518. The van der Waals surface area contributed by atoms with Gasteiger partial charge in [0.05, 0.1) is 5.56 Å². The van der Waals surface area contributed by atoms with Crippen LogP contribution in [-0.2, 0) is 9.53 Å². The summed E-state index contributed by atoms with van der Waals surface area (Å²) in [6.07, 6.45) is 2.84. The van der Waals surface area contributed by atoms with Crippen molar-refractivity contribution in [1.82, 2.24) is 0 Å². The van der Waals surface area contributed by atoms with Gasteiger partial charge in [0.15, 0.2) is 29.4 Å². The average Bonchev–Trinajstić information content (AvgIpc) is 2.32. The molecule has 0 aliphatic heterocycles. The van der Waals surface area contributed by atoms with Crippen molar-refractivity contribution in [2.24, 2.45) is 0 Å². The molecule has 18 heavy (non-hydrogen) atoms. The van der Waals surface area contributed by atoms with Crippen LogP contribution in [0.2, 0.25) is 0 Å². The van der Waals surface area contributed by atoms with E-state index in [4.69, 9.17) is 6.42 Å². The molecule has 0 amide bonds. The molecule has 0 radical (unpaired) electrons. The lowest BCUT2D eigenvalue weighted by atomic mass is 10.1. The van der Waals surface area contributed by atoms with Crippen LogP contribution in [0.4, 0.5) is 22.0 Å². The number of benzene rings is 1. The lowest BCUT2D eigenvalue weighted by Crippen LogP contribution is -2.14. The zero-order valence-electron chi connectivity index (χ0n) is 8.86. The summed E-state index contributed by atoms with van der Waals surface area (Å²) < 4.78 is 69.3. The lowest BCUT2D eigenvalue weighted by Gasteiger charge is -2.14. The van der Waals surface area contributed by atoms with Gasteiger partial charge < -0.3 is 4.74 Å². The highest BCUT2D eigenvalue weighted by molar-refractivity contribution is 5.66. The van der Waals surface area contributed by atoms with Crippen molar-refractivity contribution in [2.45, 2.75) is 13.0 Å². The van der Waals surface area contributed by atoms with E-state index in [0.29, 0.717) is 0 Å². The van der Waals surface area contributed by atoms with E-state index >= 15 is 0 Å². The van der Waals surface area contributed by atoms with Crippen molar-refractivity contribution >= 4 is 5.97 Å². The third-order valence-electron chi connectivity index (χ3n) is 1.94. The van der Waals surface area contributed by atoms with Crippen LogP contribution in [0.1, 0.15) is 18.6 Å². The van der Waals surface area contributed by atoms with Crippen LogP contribution in [0.15, 0.2) is 0 Å². The fraction of sp³-hybridized carbons (Fsp3) is 0.182. The van der Waals surface area contributed by atoms with E-state index in [1.165, 1.54) is 0 Å². The first kappa shape index (κ1) is 14.0. The molecule has 1 aromatic rings. The molecule has 7 heteroatoms. The number of hydrogen-bond acceptors (Lipinski definition) is 2. The van der Waals surface area contributed by atoms with Crippen molar-refractivity contribution in [2.75, 3.05) is 0 Å². The lowest BCUT2D eigenvalue weighted by molar-refractivity contribution is -0.144. The van der Waals surface area contributed by atoms with Crippen LogP contribution in [0.5, 0.6) is 0 Å². The topological polar surface area (TPSA) is 26.3 Å². The number of esters is 1. The minimum absolute atomic E-state index is 0.871. The average molecular weight is 264 g/mol. The molecule has 1 unspecified atom stereocenters. The van der Waals surface area contributed by atoms with Gasteiger partial charge in [-0.3, -0.25) is 4.79 Å². The summed E-state index contributed by atoms with van der Waals surface area (Å²) in [5.41, 5.74) is -1.37. The van der Waals surface area contributed by atoms with Crippen LogP contribution in [0, 0.1) is 41.4 Å². The summed E-state index contributed by atoms with van der Waals surface area (Å²) >= 11 is 0. The van der Waals surface area contributed by atoms with E-state index in [-0.39, 0.29) is 0 Å². The zero-order valence-corrected chi connectivity index (χ0v) is 8.86. The summed E-state index contributed by atoms with van der Waals surface area (Å²) in [6.45, 7) is 0.871. The number of hydrogen-bond donors (Lipinski definition) is 0. The van der Waals surface area contributed by atoms with E-state index in [9.17, 15) is 26.7 Å². The van der Waals surface area contributed by atoms with Gasteiger partial charge in [-0.25, -0.2) is 22.0 Å². The Morgan fingerprint density at radius 1 is 1.06 bits per heavy atom. The minimum Gasteiger partial charge on any atom is -0.444 e. The smallest absolute Gasteiger partial charge is 0.304 e. The van der Waals surface area contributed by atoms with Crippen molar-refractivity contribution in [1.29, 1.82) is 0 Å². The summed E-state index contributed by atoms with van der Waals surface area (Å²) in [6, 6.07) is 0. The molecule has 96 valence electrons. The number of carbonyl (C=O) groups is 1. The Kier molecular flexibility index (Phi) is 3.91. The Morgan fingerprint density at radius 2 is 1.44 bits per heavy atom. The molecular formula is C11H5F5O2. The zero-order chi connectivity index (χ0) is 14.0.